The number of benzene rings is 2. The second kappa shape index (κ2) is 8.08. The molecule has 0 radical (unpaired) electrons. The van der Waals surface area contributed by atoms with Gasteiger partial charge in [-0.1, -0.05) is 30.3 Å². The van der Waals surface area contributed by atoms with Gasteiger partial charge in [-0.2, -0.15) is 0 Å². The Labute approximate surface area is 173 Å². The van der Waals surface area contributed by atoms with E-state index in [9.17, 15) is 9.59 Å². The van der Waals surface area contributed by atoms with E-state index in [0.717, 1.165) is 17.1 Å². The van der Waals surface area contributed by atoms with Gasteiger partial charge >= 0.3 is 0 Å². The fourth-order valence-electron chi connectivity index (χ4n) is 3.30. The minimum atomic E-state index is -0.498. The molecule has 7 heteroatoms. The number of nitrogens with one attached hydrogen (secondary N) is 2. The number of nitrogens with zero attached hydrogens (tertiary/aromatic N) is 2. The Hall–Kier alpha value is -4.13. The number of hydrogen-bond acceptors (Lipinski definition) is 4. The monoisotopic (exact) mass is 400 g/mol. The van der Waals surface area contributed by atoms with Gasteiger partial charge in [-0.25, -0.2) is 4.98 Å². The quantitative estimate of drug-likeness (QED) is 0.404. The zero-order chi connectivity index (χ0) is 21.1. The number of carbonyl (C=O) groups is 2. The summed E-state index contributed by atoms with van der Waals surface area (Å²) >= 11 is 0. The number of hydrazine groups is 1. The van der Waals surface area contributed by atoms with Gasteiger partial charge in [0, 0.05) is 29.2 Å². The second-order valence-corrected chi connectivity index (χ2v) is 6.75. The topological polar surface area (TPSA) is 89.2 Å². The molecule has 0 bridgehead atoms. The molecule has 2 aromatic heterocycles. The van der Waals surface area contributed by atoms with Crippen molar-refractivity contribution in [1.82, 2.24) is 20.4 Å². The van der Waals surface area contributed by atoms with E-state index in [1.807, 2.05) is 66.9 Å². The van der Waals surface area contributed by atoms with E-state index in [0.29, 0.717) is 22.6 Å². The summed E-state index contributed by atoms with van der Waals surface area (Å²) in [5, 5.41) is 0. The van der Waals surface area contributed by atoms with Crippen LogP contribution in [0, 0.1) is 13.8 Å². The predicted octanol–water partition coefficient (Wildman–Crippen LogP) is 3.71. The van der Waals surface area contributed by atoms with Crippen molar-refractivity contribution in [1.29, 1.82) is 0 Å². The van der Waals surface area contributed by atoms with Gasteiger partial charge in [-0.05, 0) is 44.2 Å². The Balaban J connectivity index is 1.41. The van der Waals surface area contributed by atoms with Gasteiger partial charge in [0.25, 0.3) is 11.8 Å². The van der Waals surface area contributed by atoms with E-state index in [2.05, 4.69) is 15.8 Å². The standard InChI is InChI=1S/C23H20N4O3/c1-15-14-18(16(2)27(15)17-8-4-3-5-9-17)23(29)26-25-21(28)12-13-22-24-19-10-6-7-11-20(19)30-22/h3-14H,1-2H3,(H,25,28)(H,26,29)/b13-12+. The molecule has 0 unspecified atom stereocenters. The molecule has 0 spiro atoms. The van der Waals surface area contributed by atoms with Gasteiger partial charge in [-0.3, -0.25) is 20.4 Å². The highest BCUT2D eigenvalue weighted by atomic mass is 16.3. The molecule has 2 N–H and O–H groups in total. The third-order valence-electron chi connectivity index (χ3n) is 4.68. The van der Waals surface area contributed by atoms with Gasteiger partial charge in [-0.15, -0.1) is 0 Å². The number of aromatic nitrogens is 2. The van der Waals surface area contributed by atoms with Crippen LogP contribution in [0.1, 0.15) is 27.6 Å². The van der Waals surface area contributed by atoms with Crippen LogP contribution < -0.4 is 10.9 Å². The molecule has 0 aliphatic carbocycles. The van der Waals surface area contributed by atoms with Crippen molar-refractivity contribution in [2.45, 2.75) is 13.8 Å². The molecule has 2 aromatic carbocycles. The highest BCUT2D eigenvalue weighted by molar-refractivity contribution is 5.99. The first-order chi connectivity index (χ1) is 14.5. The minimum Gasteiger partial charge on any atom is -0.437 e. The van der Waals surface area contributed by atoms with E-state index in [1.54, 1.807) is 12.1 Å². The molecule has 0 aliphatic heterocycles. The van der Waals surface area contributed by atoms with Crippen molar-refractivity contribution in [3.8, 4) is 5.69 Å². The highest BCUT2D eigenvalue weighted by Gasteiger charge is 2.16. The first-order valence-electron chi connectivity index (χ1n) is 9.41. The molecular weight excluding hydrogens is 380 g/mol. The zero-order valence-electron chi connectivity index (χ0n) is 16.5. The summed E-state index contributed by atoms with van der Waals surface area (Å²) in [4.78, 5) is 28.9. The normalized spacial score (nSPS) is 11.1. The summed E-state index contributed by atoms with van der Waals surface area (Å²) < 4.78 is 7.51. The Kier molecular flexibility index (Phi) is 5.17. The number of para-hydroxylation sites is 3. The molecule has 4 aromatic rings. The number of fused-ring (bicyclic) bond motifs is 1. The third-order valence-corrected chi connectivity index (χ3v) is 4.68. The van der Waals surface area contributed by atoms with Gasteiger partial charge in [0.1, 0.15) is 5.52 Å². The average molecular weight is 400 g/mol. The Bertz CT molecular complexity index is 1220. The van der Waals surface area contributed by atoms with Crippen LogP contribution in [-0.2, 0) is 4.79 Å². The molecule has 150 valence electrons. The van der Waals surface area contributed by atoms with Crippen molar-refractivity contribution < 1.29 is 14.0 Å². The summed E-state index contributed by atoms with van der Waals surface area (Å²) in [5.41, 5.74) is 9.33. The SMILES string of the molecule is Cc1cc(C(=O)NNC(=O)/C=C/c2nc3ccccc3o2)c(C)n1-c1ccccc1. The molecule has 30 heavy (non-hydrogen) atoms. The minimum absolute atomic E-state index is 0.309. The summed E-state index contributed by atoms with van der Waals surface area (Å²) in [7, 11) is 0. The van der Waals surface area contributed by atoms with E-state index in [-0.39, 0.29) is 0 Å². The Morgan fingerprint density at radius 1 is 1.00 bits per heavy atom. The molecular formula is C23H20N4O3. The van der Waals surface area contributed by atoms with Crippen LogP contribution >= 0.6 is 0 Å². The summed E-state index contributed by atoms with van der Waals surface area (Å²) in [6.45, 7) is 3.79. The second-order valence-electron chi connectivity index (χ2n) is 6.75. The fraction of sp³-hybridized carbons (Fsp3) is 0.0870. The van der Waals surface area contributed by atoms with Crippen molar-refractivity contribution in [3.05, 3.63) is 89.6 Å². The number of oxazole rings is 1. The van der Waals surface area contributed by atoms with Gasteiger partial charge in [0.05, 0.1) is 5.56 Å². The average Bonchev–Trinajstić information content (AvgIpc) is 3.31. The number of hydrogen-bond donors (Lipinski definition) is 2. The lowest BCUT2D eigenvalue weighted by atomic mass is 10.2. The van der Waals surface area contributed by atoms with Gasteiger partial charge < -0.3 is 8.98 Å². The summed E-state index contributed by atoms with van der Waals surface area (Å²) in [6, 6.07) is 18.9. The first-order valence-corrected chi connectivity index (χ1v) is 9.41. The van der Waals surface area contributed by atoms with E-state index in [4.69, 9.17) is 4.42 Å². The maximum atomic E-state index is 12.6. The maximum Gasteiger partial charge on any atom is 0.271 e. The van der Waals surface area contributed by atoms with Gasteiger partial charge in [0.2, 0.25) is 5.89 Å². The van der Waals surface area contributed by atoms with E-state index < -0.39 is 11.8 Å². The lowest BCUT2D eigenvalue weighted by molar-refractivity contribution is -0.117. The largest absolute Gasteiger partial charge is 0.437 e. The van der Waals surface area contributed by atoms with Crippen LogP contribution in [0.5, 0.6) is 0 Å². The van der Waals surface area contributed by atoms with Crippen LogP contribution in [-0.4, -0.2) is 21.4 Å². The van der Waals surface area contributed by atoms with Crippen LogP contribution in [0.25, 0.3) is 22.9 Å². The lowest BCUT2D eigenvalue weighted by Crippen LogP contribution is -2.40. The summed E-state index contributed by atoms with van der Waals surface area (Å²) in [6.07, 6.45) is 2.70. The molecule has 0 aliphatic rings. The maximum absolute atomic E-state index is 12.6. The number of carbonyl (C=O) groups excluding carboxylic acids is 2. The predicted molar refractivity (Wildman–Crippen MR) is 114 cm³/mol. The van der Waals surface area contributed by atoms with Crippen LogP contribution in [0.15, 0.2) is 71.2 Å². The van der Waals surface area contributed by atoms with Crippen LogP contribution in [0.4, 0.5) is 0 Å². The highest BCUT2D eigenvalue weighted by Crippen LogP contribution is 2.20. The first kappa shape index (κ1) is 19.2. The third kappa shape index (κ3) is 3.86. The number of amides is 2. The van der Waals surface area contributed by atoms with Crippen molar-refractivity contribution in [2.75, 3.05) is 0 Å². The van der Waals surface area contributed by atoms with Crippen molar-refractivity contribution in [3.63, 3.8) is 0 Å². The molecule has 7 nitrogen and oxygen atoms in total. The Morgan fingerprint density at radius 3 is 2.50 bits per heavy atom. The molecule has 0 saturated carbocycles. The fourth-order valence-corrected chi connectivity index (χ4v) is 3.30. The molecule has 0 atom stereocenters. The van der Waals surface area contributed by atoms with Crippen LogP contribution in [0.3, 0.4) is 0 Å². The number of rotatable bonds is 4. The molecule has 4 rings (SSSR count). The van der Waals surface area contributed by atoms with Crippen molar-refractivity contribution in [2.24, 2.45) is 0 Å². The summed E-state index contributed by atoms with van der Waals surface area (Å²) in [5.74, 6) is -0.583. The molecule has 2 heterocycles. The van der Waals surface area contributed by atoms with Crippen molar-refractivity contribution >= 4 is 29.0 Å². The smallest absolute Gasteiger partial charge is 0.271 e. The molecule has 2 amide bonds. The lowest BCUT2D eigenvalue weighted by Gasteiger charge is -2.10. The molecule has 0 fully saturated rings. The number of aryl methyl sites for hydroxylation is 1. The van der Waals surface area contributed by atoms with Crippen LogP contribution in [0.2, 0.25) is 0 Å². The Morgan fingerprint density at radius 2 is 1.73 bits per heavy atom. The molecule has 0 saturated heterocycles. The van der Waals surface area contributed by atoms with Gasteiger partial charge in [0.15, 0.2) is 5.58 Å². The van der Waals surface area contributed by atoms with E-state index >= 15 is 0 Å². The zero-order valence-corrected chi connectivity index (χ0v) is 16.5. The van der Waals surface area contributed by atoms with E-state index in [1.165, 1.54) is 12.2 Å².